The van der Waals surface area contributed by atoms with Crippen LogP contribution in [0.2, 0.25) is 0 Å². The number of rotatable bonds is 4. The van der Waals surface area contributed by atoms with Crippen LogP contribution in [0.5, 0.6) is 0 Å². The van der Waals surface area contributed by atoms with Gasteiger partial charge in [0.2, 0.25) is 10.0 Å². The maximum Gasteiger partial charge on any atom is 0.244 e. The quantitative estimate of drug-likeness (QED) is 0.636. The Balaban J connectivity index is 3.23. The van der Waals surface area contributed by atoms with Gasteiger partial charge < -0.3 is 5.11 Å². The SMILES string of the molecule is CCNS(=O)(=O)c1c(CO)n[nH]c1C. The molecule has 0 unspecified atom stereocenters. The smallest absolute Gasteiger partial charge is 0.244 e. The number of aliphatic hydroxyl groups excluding tert-OH is 1. The molecule has 7 heteroatoms. The van der Waals surface area contributed by atoms with Gasteiger partial charge in [0.1, 0.15) is 10.6 Å². The van der Waals surface area contributed by atoms with Crippen molar-refractivity contribution in [1.29, 1.82) is 0 Å². The molecule has 0 aliphatic rings. The first-order valence-corrected chi connectivity index (χ1v) is 5.65. The minimum Gasteiger partial charge on any atom is -0.390 e. The molecule has 14 heavy (non-hydrogen) atoms. The molecule has 0 fully saturated rings. The zero-order valence-electron chi connectivity index (χ0n) is 8.03. The molecule has 0 amide bonds. The molecule has 1 rings (SSSR count). The van der Waals surface area contributed by atoms with E-state index in [0.717, 1.165) is 0 Å². The summed E-state index contributed by atoms with van der Waals surface area (Å²) in [6.45, 7) is 3.18. The highest BCUT2D eigenvalue weighted by molar-refractivity contribution is 7.89. The summed E-state index contributed by atoms with van der Waals surface area (Å²) in [6.07, 6.45) is 0. The second-order valence-electron chi connectivity index (χ2n) is 2.78. The largest absolute Gasteiger partial charge is 0.390 e. The van der Waals surface area contributed by atoms with Crippen molar-refractivity contribution in [3.63, 3.8) is 0 Å². The van der Waals surface area contributed by atoms with Crippen LogP contribution >= 0.6 is 0 Å². The number of nitrogens with zero attached hydrogens (tertiary/aromatic N) is 1. The minimum atomic E-state index is -3.54. The first-order valence-electron chi connectivity index (χ1n) is 4.17. The van der Waals surface area contributed by atoms with Crippen LogP contribution < -0.4 is 4.72 Å². The van der Waals surface area contributed by atoms with Crippen molar-refractivity contribution < 1.29 is 13.5 Å². The Morgan fingerprint density at radius 1 is 1.57 bits per heavy atom. The Labute approximate surface area is 82.4 Å². The Kier molecular flexibility index (Phi) is 3.25. The fraction of sp³-hybridized carbons (Fsp3) is 0.571. The molecule has 0 spiro atoms. The first-order chi connectivity index (χ1) is 6.53. The van der Waals surface area contributed by atoms with Crippen LogP contribution in [-0.2, 0) is 16.6 Å². The highest BCUT2D eigenvalue weighted by atomic mass is 32.2. The van der Waals surface area contributed by atoms with Crippen molar-refractivity contribution in [2.24, 2.45) is 0 Å². The highest BCUT2D eigenvalue weighted by Crippen LogP contribution is 2.16. The lowest BCUT2D eigenvalue weighted by atomic mass is 10.4. The molecule has 0 saturated carbocycles. The highest BCUT2D eigenvalue weighted by Gasteiger charge is 2.22. The van der Waals surface area contributed by atoms with Gasteiger partial charge >= 0.3 is 0 Å². The molecule has 0 aromatic carbocycles. The van der Waals surface area contributed by atoms with E-state index in [4.69, 9.17) is 5.11 Å². The zero-order chi connectivity index (χ0) is 10.8. The van der Waals surface area contributed by atoms with Crippen molar-refractivity contribution in [1.82, 2.24) is 14.9 Å². The summed E-state index contributed by atoms with van der Waals surface area (Å²) in [4.78, 5) is 0.0434. The molecule has 1 aromatic rings. The molecule has 0 aliphatic carbocycles. The monoisotopic (exact) mass is 219 g/mol. The van der Waals surface area contributed by atoms with Crippen LogP contribution in [0.4, 0.5) is 0 Å². The summed E-state index contributed by atoms with van der Waals surface area (Å²) in [7, 11) is -3.54. The second-order valence-corrected chi connectivity index (χ2v) is 4.49. The fourth-order valence-electron chi connectivity index (χ4n) is 1.20. The van der Waals surface area contributed by atoms with Gasteiger partial charge in [-0.05, 0) is 6.92 Å². The third-order valence-corrected chi connectivity index (χ3v) is 3.46. The maximum absolute atomic E-state index is 11.6. The Morgan fingerprint density at radius 2 is 2.21 bits per heavy atom. The summed E-state index contributed by atoms with van der Waals surface area (Å²) < 4.78 is 25.6. The molecule has 1 aromatic heterocycles. The van der Waals surface area contributed by atoms with Gasteiger partial charge in [-0.25, -0.2) is 13.1 Å². The first kappa shape index (κ1) is 11.2. The van der Waals surface area contributed by atoms with Gasteiger partial charge in [0, 0.05) is 6.54 Å². The van der Waals surface area contributed by atoms with E-state index in [-0.39, 0.29) is 10.6 Å². The molecule has 0 saturated heterocycles. The van der Waals surface area contributed by atoms with Crippen LogP contribution in [0.3, 0.4) is 0 Å². The molecule has 0 radical (unpaired) electrons. The minimum absolute atomic E-state index is 0.0434. The molecule has 80 valence electrons. The lowest BCUT2D eigenvalue weighted by Gasteiger charge is -2.04. The normalized spacial score (nSPS) is 11.9. The molecule has 1 heterocycles. The van der Waals surface area contributed by atoms with Gasteiger partial charge in [-0.1, -0.05) is 6.92 Å². The number of aliphatic hydroxyl groups is 1. The van der Waals surface area contributed by atoms with Crippen molar-refractivity contribution in [2.75, 3.05) is 6.54 Å². The van der Waals surface area contributed by atoms with Crippen LogP contribution in [0.15, 0.2) is 4.90 Å². The average molecular weight is 219 g/mol. The standard InChI is InChI=1S/C7H13N3O3S/c1-3-8-14(12,13)7-5(2)9-10-6(7)4-11/h8,11H,3-4H2,1-2H3,(H,9,10). The lowest BCUT2D eigenvalue weighted by molar-refractivity contribution is 0.273. The summed E-state index contributed by atoms with van der Waals surface area (Å²) in [6, 6.07) is 0. The lowest BCUT2D eigenvalue weighted by Crippen LogP contribution is -2.24. The molecular weight excluding hydrogens is 206 g/mol. The number of H-pyrrole nitrogens is 1. The van der Waals surface area contributed by atoms with E-state index in [1.54, 1.807) is 13.8 Å². The van der Waals surface area contributed by atoms with E-state index in [9.17, 15) is 8.42 Å². The van der Waals surface area contributed by atoms with E-state index in [2.05, 4.69) is 14.9 Å². The second kappa shape index (κ2) is 4.07. The number of nitrogens with one attached hydrogen (secondary N) is 2. The Morgan fingerprint density at radius 3 is 2.71 bits per heavy atom. The van der Waals surface area contributed by atoms with Gasteiger partial charge in [-0.15, -0.1) is 0 Å². The summed E-state index contributed by atoms with van der Waals surface area (Å²) in [5.74, 6) is 0. The molecular formula is C7H13N3O3S. The average Bonchev–Trinajstić information content (AvgIpc) is 2.47. The third-order valence-electron chi connectivity index (χ3n) is 1.71. The van der Waals surface area contributed by atoms with E-state index >= 15 is 0 Å². The van der Waals surface area contributed by atoms with Crippen molar-refractivity contribution in [2.45, 2.75) is 25.3 Å². The van der Waals surface area contributed by atoms with E-state index in [1.165, 1.54) is 0 Å². The van der Waals surface area contributed by atoms with E-state index in [1.807, 2.05) is 0 Å². The maximum atomic E-state index is 11.6. The van der Waals surface area contributed by atoms with Crippen molar-refractivity contribution >= 4 is 10.0 Å². The Bertz CT molecular complexity index is 410. The topological polar surface area (TPSA) is 95.1 Å². The number of sulfonamides is 1. The molecule has 0 atom stereocenters. The summed E-state index contributed by atoms with van der Waals surface area (Å²) >= 11 is 0. The van der Waals surface area contributed by atoms with Crippen LogP contribution in [-0.4, -0.2) is 30.3 Å². The van der Waals surface area contributed by atoms with Gasteiger partial charge in [0.25, 0.3) is 0 Å². The fourth-order valence-corrected chi connectivity index (χ4v) is 2.59. The molecule has 3 N–H and O–H groups in total. The summed E-state index contributed by atoms with van der Waals surface area (Å²) in [5, 5.41) is 15.1. The number of aromatic nitrogens is 2. The number of aromatic amines is 1. The Hall–Kier alpha value is -0.920. The van der Waals surface area contributed by atoms with E-state index < -0.39 is 16.6 Å². The van der Waals surface area contributed by atoms with Gasteiger partial charge in [0.15, 0.2) is 0 Å². The number of aryl methyl sites for hydroxylation is 1. The number of hydrogen-bond donors (Lipinski definition) is 3. The van der Waals surface area contributed by atoms with Crippen LogP contribution in [0, 0.1) is 6.92 Å². The molecule has 6 nitrogen and oxygen atoms in total. The third kappa shape index (κ3) is 1.94. The van der Waals surface area contributed by atoms with Crippen LogP contribution in [0.1, 0.15) is 18.3 Å². The summed E-state index contributed by atoms with van der Waals surface area (Å²) in [5.41, 5.74) is 0.568. The zero-order valence-corrected chi connectivity index (χ0v) is 8.85. The predicted molar refractivity (Wildman–Crippen MR) is 50.1 cm³/mol. The van der Waals surface area contributed by atoms with Crippen molar-refractivity contribution in [3.05, 3.63) is 11.4 Å². The molecule has 0 aliphatic heterocycles. The van der Waals surface area contributed by atoms with E-state index in [0.29, 0.717) is 12.2 Å². The number of hydrogen-bond acceptors (Lipinski definition) is 4. The van der Waals surface area contributed by atoms with Crippen molar-refractivity contribution in [3.8, 4) is 0 Å². The van der Waals surface area contributed by atoms with Gasteiger partial charge in [-0.3, -0.25) is 5.10 Å². The predicted octanol–water partition coefficient (Wildman–Crippen LogP) is -0.491. The molecule has 0 bridgehead atoms. The van der Waals surface area contributed by atoms with Gasteiger partial charge in [0.05, 0.1) is 12.3 Å². The van der Waals surface area contributed by atoms with Gasteiger partial charge in [-0.2, -0.15) is 5.10 Å². The van der Waals surface area contributed by atoms with Crippen LogP contribution in [0.25, 0.3) is 0 Å².